The van der Waals surface area contributed by atoms with E-state index in [2.05, 4.69) is 12.1 Å². The predicted octanol–water partition coefficient (Wildman–Crippen LogP) is 4.90. The first kappa shape index (κ1) is 16.7. The Labute approximate surface area is 143 Å². The second kappa shape index (κ2) is 8.09. The third-order valence-electron chi connectivity index (χ3n) is 4.77. The summed E-state index contributed by atoms with van der Waals surface area (Å²) in [7, 11) is 0. The van der Waals surface area contributed by atoms with Gasteiger partial charge in [0.05, 0.1) is 6.04 Å². The Morgan fingerprint density at radius 1 is 1.04 bits per heavy atom. The smallest absolute Gasteiger partial charge is 0.223 e. The molecule has 1 heterocycles. The van der Waals surface area contributed by atoms with Crippen molar-refractivity contribution in [2.24, 2.45) is 0 Å². The number of carbonyl (C=O) groups excluding carboxylic acids is 1. The minimum atomic E-state index is -0.239. The molecule has 0 aromatic heterocycles. The molecule has 1 fully saturated rings. The topological polar surface area (TPSA) is 20.3 Å². The Kier molecular flexibility index (Phi) is 5.63. The molecule has 1 aliphatic rings. The van der Waals surface area contributed by atoms with Gasteiger partial charge < -0.3 is 4.90 Å². The van der Waals surface area contributed by atoms with Gasteiger partial charge in [0.2, 0.25) is 5.91 Å². The number of hydrogen-bond donors (Lipinski definition) is 0. The van der Waals surface area contributed by atoms with E-state index in [1.54, 1.807) is 6.07 Å². The van der Waals surface area contributed by atoms with Crippen molar-refractivity contribution >= 4 is 5.91 Å². The summed E-state index contributed by atoms with van der Waals surface area (Å²) >= 11 is 0. The van der Waals surface area contributed by atoms with Crippen LogP contribution < -0.4 is 0 Å². The highest BCUT2D eigenvalue weighted by molar-refractivity contribution is 5.77. The van der Waals surface area contributed by atoms with Crippen LogP contribution in [0.15, 0.2) is 54.6 Å². The van der Waals surface area contributed by atoms with Crippen LogP contribution in [0.4, 0.5) is 4.39 Å². The molecule has 2 nitrogen and oxygen atoms in total. The third kappa shape index (κ3) is 4.22. The summed E-state index contributed by atoms with van der Waals surface area (Å²) in [4.78, 5) is 14.9. The lowest BCUT2D eigenvalue weighted by molar-refractivity contribution is -0.133. The van der Waals surface area contributed by atoms with Crippen LogP contribution >= 0.6 is 0 Å². The molecule has 0 radical (unpaired) electrons. The van der Waals surface area contributed by atoms with Crippen molar-refractivity contribution < 1.29 is 9.18 Å². The number of aryl methyl sites for hydroxylation is 1. The van der Waals surface area contributed by atoms with Crippen molar-refractivity contribution in [3.05, 3.63) is 71.5 Å². The highest BCUT2D eigenvalue weighted by Crippen LogP contribution is 2.30. The van der Waals surface area contributed by atoms with Crippen LogP contribution in [0.3, 0.4) is 0 Å². The van der Waals surface area contributed by atoms with Gasteiger partial charge in [-0.25, -0.2) is 4.39 Å². The van der Waals surface area contributed by atoms with E-state index in [4.69, 9.17) is 0 Å². The largest absolute Gasteiger partial charge is 0.336 e. The van der Waals surface area contributed by atoms with E-state index in [-0.39, 0.29) is 17.8 Å². The quantitative estimate of drug-likeness (QED) is 0.783. The van der Waals surface area contributed by atoms with E-state index in [9.17, 15) is 9.18 Å². The summed E-state index contributed by atoms with van der Waals surface area (Å²) in [5.74, 6) is -0.0631. The molecular weight excluding hydrogens is 301 g/mol. The molecule has 24 heavy (non-hydrogen) atoms. The van der Waals surface area contributed by atoms with Crippen molar-refractivity contribution in [2.45, 2.75) is 44.6 Å². The van der Waals surface area contributed by atoms with E-state index in [1.807, 2.05) is 29.2 Å². The van der Waals surface area contributed by atoms with Crippen LogP contribution in [-0.4, -0.2) is 17.4 Å². The minimum Gasteiger partial charge on any atom is -0.336 e. The molecule has 2 aromatic carbocycles. The Morgan fingerprint density at radius 2 is 1.88 bits per heavy atom. The molecule has 3 rings (SSSR count). The van der Waals surface area contributed by atoms with Crippen molar-refractivity contribution in [1.82, 2.24) is 4.90 Å². The highest BCUT2D eigenvalue weighted by Gasteiger charge is 2.26. The highest BCUT2D eigenvalue weighted by atomic mass is 19.1. The number of nitrogens with zero attached hydrogens (tertiary/aromatic N) is 1. The van der Waals surface area contributed by atoms with Crippen molar-refractivity contribution in [2.75, 3.05) is 6.54 Å². The fourth-order valence-electron chi connectivity index (χ4n) is 3.52. The summed E-state index contributed by atoms with van der Waals surface area (Å²) in [6.45, 7) is 0.821. The molecule has 1 atom stereocenters. The number of carbonyl (C=O) groups is 1. The summed E-state index contributed by atoms with van der Waals surface area (Å²) in [5.41, 5.74) is 2.10. The average Bonchev–Trinajstić information content (AvgIpc) is 2.86. The van der Waals surface area contributed by atoms with Gasteiger partial charge in [-0.15, -0.1) is 0 Å². The van der Waals surface area contributed by atoms with Gasteiger partial charge in [-0.1, -0.05) is 55.3 Å². The predicted molar refractivity (Wildman–Crippen MR) is 94.1 cm³/mol. The lowest BCUT2D eigenvalue weighted by atomic mass is 10.00. The summed E-state index contributed by atoms with van der Waals surface area (Å²) in [5, 5.41) is 0. The molecule has 1 amide bonds. The Bertz CT molecular complexity index is 671. The molecule has 0 spiro atoms. The molecule has 0 bridgehead atoms. The molecule has 1 unspecified atom stereocenters. The van der Waals surface area contributed by atoms with Gasteiger partial charge in [0.25, 0.3) is 0 Å². The van der Waals surface area contributed by atoms with E-state index >= 15 is 0 Å². The third-order valence-corrected chi connectivity index (χ3v) is 4.77. The van der Waals surface area contributed by atoms with E-state index in [0.29, 0.717) is 12.8 Å². The molecule has 0 saturated carbocycles. The fraction of sp³-hybridized carbons (Fsp3) is 0.381. The van der Waals surface area contributed by atoms with Gasteiger partial charge in [-0.05, 0) is 42.5 Å². The van der Waals surface area contributed by atoms with E-state index in [1.165, 1.54) is 24.1 Å². The van der Waals surface area contributed by atoms with Gasteiger partial charge in [0, 0.05) is 13.0 Å². The Morgan fingerprint density at radius 3 is 2.67 bits per heavy atom. The van der Waals surface area contributed by atoms with Gasteiger partial charge in [-0.3, -0.25) is 4.79 Å². The van der Waals surface area contributed by atoms with Crippen LogP contribution in [0, 0.1) is 5.82 Å². The normalized spacial score (nSPS) is 18.2. The van der Waals surface area contributed by atoms with Crippen molar-refractivity contribution in [3.8, 4) is 0 Å². The molecule has 1 saturated heterocycles. The maximum Gasteiger partial charge on any atom is 0.223 e. The fourth-order valence-corrected chi connectivity index (χ4v) is 3.52. The van der Waals surface area contributed by atoms with E-state index in [0.717, 1.165) is 31.4 Å². The Hall–Kier alpha value is -2.16. The lowest BCUT2D eigenvalue weighted by Crippen LogP contribution is -2.35. The summed E-state index contributed by atoms with van der Waals surface area (Å²) < 4.78 is 13.3. The summed E-state index contributed by atoms with van der Waals surface area (Å²) in [6, 6.07) is 17.0. The average molecular weight is 325 g/mol. The number of rotatable bonds is 4. The zero-order valence-electron chi connectivity index (χ0n) is 14.0. The first-order chi connectivity index (χ1) is 11.7. The standard InChI is InChI=1S/C21H24FNO/c22-19-11-7-8-17(16-19)13-14-21(24)23-15-6-2-5-12-20(23)18-9-3-1-4-10-18/h1,3-4,7-11,16,20H,2,5-6,12-15H2. The van der Waals surface area contributed by atoms with E-state index < -0.39 is 0 Å². The zero-order chi connectivity index (χ0) is 16.8. The molecule has 0 aliphatic carbocycles. The minimum absolute atomic E-state index is 0.175. The molecule has 0 N–H and O–H groups in total. The van der Waals surface area contributed by atoms with Gasteiger partial charge in [0.15, 0.2) is 0 Å². The summed E-state index contributed by atoms with van der Waals surface area (Å²) in [6.07, 6.45) is 5.45. The van der Waals surface area contributed by atoms with Crippen LogP contribution in [-0.2, 0) is 11.2 Å². The lowest BCUT2D eigenvalue weighted by Gasteiger charge is -2.30. The second-order valence-corrected chi connectivity index (χ2v) is 6.49. The first-order valence-electron chi connectivity index (χ1n) is 8.83. The Balaban J connectivity index is 1.70. The SMILES string of the molecule is O=C(CCc1cccc(F)c1)N1CCCCCC1c1ccccc1. The van der Waals surface area contributed by atoms with Gasteiger partial charge >= 0.3 is 0 Å². The number of benzene rings is 2. The van der Waals surface area contributed by atoms with Crippen LogP contribution in [0.2, 0.25) is 0 Å². The first-order valence-corrected chi connectivity index (χ1v) is 8.83. The van der Waals surface area contributed by atoms with Crippen molar-refractivity contribution in [3.63, 3.8) is 0 Å². The number of likely N-dealkylation sites (tertiary alicyclic amines) is 1. The van der Waals surface area contributed by atoms with Crippen LogP contribution in [0.25, 0.3) is 0 Å². The molecule has 1 aliphatic heterocycles. The zero-order valence-corrected chi connectivity index (χ0v) is 14.0. The molecule has 3 heteroatoms. The van der Waals surface area contributed by atoms with Crippen LogP contribution in [0.1, 0.15) is 49.3 Å². The van der Waals surface area contributed by atoms with Gasteiger partial charge in [-0.2, -0.15) is 0 Å². The maximum atomic E-state index is 13.3. The second-order valence-electron chi connectivity index (χ2n) is 6.49. The van der Waals surface area contributed by atoms with Crippen molar-refractivity contribution in [1.29, 1.82) is 0 Å². The van der Waals surface area contributed by atoms with Crippen LogP contribution in [0.5, 0.6) is 0 Å². The molecule has 126 valence electrons. The maximum absolute atomic E-state index is 13.3. The monoisotopic (exact) mass is 325 g/mol. The number of halogens is 1. The van der Waals surface area contributed by atoms with Gasteiger partial charge in [0.1, 0.15) is 5.82 Å². The molecule has 2 aromatic rings. The number of amides is 1. The molecular formula is C21H24FNO. The number of hydrogen-bond acceptors (Lipinski definition) is 1.